The van der Waals surface area contributed by atoms with Crippen LogP contribution in [0.4, 0.5) is 10.5 Å². The van der Waals surface area contributed by atoms with E-state index < -0.39 is 0 Å². The standard InChI is InChI=1S/C13H18ClN3O/c1-2-16-7-9-17(10-8-16)13(18)15-12-6-4-3-5-11(12)14/h3-6H,2,7-10H2,1H3,(H,15,18). The summed E-state index contributed by atoms with van der Waals surface area (Å²) in [6.07, 6.45) is 0. The van der Waals surface area contributed by atoms with Gasteiger partial charge in [-0.2, -0.15) is 0 Å². The zero-order chi connectivity index (χ0) is 13.0. The fourth-order valence-corrected chi connectivity index (χ4v) is 2.21. The van der Waals surface area contributed by atoms with E-state index in [1.54, 1.807) is 6.07 Å². The summed E-state index contributed by atoms with van der Waals surface area (Å²) < 4.78 is 0. The Morgan fingerprint density at radius 1 is 1.28 bits per heavy atom. The lowest BCUT2D eigenvalue weighted by Gasteiger charge is -2.34. The van der Waals surface area contributed by atoms with E-state index in [0.717, 1.165) is 32.7 Å². The number of likely N-dealkylation sites (N-methyl/N-ethyl adjacent to an activating group) is 1. The number of carbonyl (C=O) groups excluding carboxylic acids is 1. The Morgan fingerprint density at radius 2 is 1.94 bits per heavy atom. The fourth-order valence-electron chi connectivity index (χ4n) is 2.02. The summed E-state index contributed by atoms with van der Waals surface area (Å²) in [7, 11) is 0. The van der Waals surface area contributed by atoms with E-state index in [4.69, 9.17) is 11.6 Å². The minimum atomic E-state index is -0.0705. The highest BCUT2D eigenvalue weighted by molar-refractivity contribution is 6.33. The molecular weight excluding hydrogens is 250 g/mol. The SMILES string of the molecule is CCN1CCN(C(=O)Nc2ccccc2Cl)CC1. The number of hydrogen-bond donors (Lipinski definition) is 1. The van der Waals surface area contributed by atoms with E-state index in [0.29, 0.717) is 10.7 Å². The van der Waals surface area contributed by atoms with Crippen molar-refractivity contribution in [2.45, 2.75) is 6.92 Å². The van der Waals surface area contributed by atoms with E-state index in [-0.39, 0.29) is 6.03 Å². The summed E-state index contributed by atoms with van der Waals surface area (Å²) in [5.41, 5.74) is 0.669. The molecule has 0 radical (unpaired) electrons. The van der Waals surface area contributed by atoms with E-state index in [9.17, 15) is 4.79 Å². The molecule has 1 heterocycles. The molecule has 0 spiro atoms. The lowest BCUT2D eigenvalue weighted by Crippen LogP contribution is -2.49. The van der Waals surface area contributed by atoms with Gasteiger partial charge in [-0.25, -0.2) is 4.79 Å². The molecule has 4 nitrogen and oxygen atoms in total. The van der Waals surface area contributed by atoms with Crippen LogP contribution in [-0.4, -0.2) is 48.6 Å². The average Bonchev–Trinajstić information content (AvgIpc) is 2.41. The Kier molecular flexibility index (Phi) is 4.44. The smallest absolute Gasteiger partial charge is 0.321 e. The van der Waals surface area contributed by atoms with Gasteiger partial charge in [-0.15, -0.1) is 0 Å². The van der Waals surface area contributed by atoms with Gasteiger partial charge in [-0.1, -0.05) is 30.7 Å². The summed E-state index contributed by atoms with van der Waals surface area (Å²) >= 11 is 6.01. The number of rotatable bonds is 2. The van der Waals surface area contributed by atoms with Crippen LogP contribution in [-0.2, 0) is 0 Å². The number of carbonyl (C=O) groups is 1. The van der Waals surface area contributed by atoms with Crippen molar-refractivity contribution >= 4 is 23.3 Å². The first-order valence-electron chi connectivity index (χ1n) is 6.23. The molecule has 1 N–H and O–H groups in total. The zero-order valence-electron chi connectivity index (χ0n) is 10.5. The van der Waals surface area contributed by atoms with E-state index in [1.807, 2.05) is 23.1 Å². The van der Waals surface area contributed by atoms with Gasteiger partial charge < -0.3 is 15.1 Å². The lowest BCUT2D eigenvalue weighted by atomic mass is 10.3. The molecule has 1 saturated heterocycles. The second-order valence-corrected chi connectivity index (χ2v) is 4.74. The number of hydrogen-bond acceptors (Lipinski definition) is 2. The fraction of sp³-hybridized carbons (Fsp3) is 0.462. The number of nitrogens with one attached hydrogen (secondary N) is 1. The second-order valence-electron chi connectivity index (χ2n) is 4.33. The number of para-hydroxylation sites is 1. The molecule has 1 aliphatic heterocycles. The van der Waals surface area contributed by atoms with Crippen LogP contribution in [0.15, 0.2) is 24.3 Å². The number of piperazine rings is 1. The zero-order valence-corrected chi connectivity index (χ0v) is 11.3. The highest BCUT2D eigenvalue weighted by atomic mass is 35.5. The quantitative estimate of drug-likeness (QED) is 0.894. The molecule has 0 aliphatic carbocycles. The van der Waals surface area contributed by atoms with Crippen LogP contribution >= 0.6 is 11.6 Å². The summed E-state index contributed by atoms with van der Waals surface area (Å²) in [6, 6.07) is 7.21. The number of benzene rings is 1. The summed E-state index contributed by atoms with van der Waals surface area (Å²) in [5, 5.41) is 3.42. The van der Waals surface area contributed by atoms with Gasteiger partial charge in [0.25, 0.3) is 0 Å². The van der Waals surface area contributed by atoms with Gasteiger partial charge in [0.15, 0.2) is 0 Å². The van der Waals surface area contributed by atoms with Crippen molar-refractivity contribution in [3.63, 3.8) is 0 Å². The molecule has 1 aliphatic rings. The monoisotopic (exact) mass is 267 g/mol. The number of anilines is 1. The molecule has 0 bridgehead atoms. The molecule has 1 aromatic rings. The van der Waals surface area contributed by atoms with Crippen molar-refractivity contribution in [1.29, 1.82) is 0 Å². The van der Waals surface area contributed by atoms with Gasteiger partial charge in [0, 0.05) is 26.2 Å². The first kappa shape index (κ1) is 13.2. The predicted octanol–water partition coefficient (Wildman–Crippen LogP) is 2.51. The summed E-state index contributed by atoms with van der Waals surface area (Å²) in [6.45, 7) is 6.59. The summed E-state index contributed by atoms with van der Waals surface area (Å²) in [5.74, 6) is 0. The van der Waals surface area contributed by atoms with Crippen LogP contribution in [0.1, 0.15) is 6.92 Å². The van der Waals surface area contributed by atoms with Gasteiger partial charge in [0.05, 0.1) is 10.7 Å². The maximum Gasteiger partial charge on any atom is 0.321 e. The topological polar surface area (TPSA) is 35.6 Å². The molecule has 0 saturated carbocycles. The molecule has 2 rings (SSSR count). The van der Waals surface area contributed by atoms with E-state index in [2.05, 4.69) is 17.1 Å². The molecule has 1 fully saturated rings. The minimum Gasteiger partial charge on any atom is -0.322 e. The van der Waals surface area contributed by atoms with Gasteiger partial charge in [-0.3, -0.25) is 0 Å². The minimum absolute atomic E-state index is 0.0705. The van der Waals surface area contributed by atoms with Crippen molar-refractivity contribution in [3.05, 3.63) is 29.3 Å². The Bertz CT molecular complexity index is 416. The molecule has 98 valence electrons. The Morgan fingerprint density at radius 3 is 2.56 bits per heavy atom. The van der Waals surface area contributed by atoms with E-state index in [1.165, 1.54) is 0 Å². The maximum atomic E-state index is 12.1. The molecule has 2 amide bonds. The van der Waals surface area contributed by atoms with Gasteiger partial charge in [-0.05, 0) is 18.7 Å². The molecule has 0 aromatic heterocycles. The number of urea groups is 1. The first-order chi connectivity index (χ1) is 8.70. The maximum absolute atomic E-state index is 12.1. The predicted molar refractivity (Wildman–Crippen MR) is 74.2 cm³/mol. The summed E-state index contributed by atoms with van der Waals surface area (Å²) in [4.78, 5) is 16.2. The molecule has 5 heteroatoms. The highest BCUT2D eigenvalue weighted by Gasteiger charge is 2.20. The molecule has 0 atom stereocenters. The highest BCUT2D eigenvalue weighted by Crippen LogP contribution is 2.20. The first-order valence-corrected chi connectivity index (χ1v) is 6.61. The van der Waals surface area contributed by atoms with Gasteiger partial charge in [0.1, 0.15) is 0 Å². The third-order valence-electron chi connectivity index (χ3n) is 3.22. The van der Waals surface area contributed by atoms with Crippen LogP contribution in [0.3, 0.4) is 0 Å². The number of amides is 2. The number of halogens is 1. The van der Waals surface area contributed by atoms with Gasteiger partial charge in [0.2, 0.25) is 0 Å². The van der Waals surface area contributed by atoms with Crippen LogP contribution in [0.5, 0.6) is 0 Å². The van der Waals surface area contributed by atoms with Crippen molar-refractivity contribution in [3.8, 4) is 0 Å². The number of nitrogens with zero attached hydrogens (tertiary/aromatic N) is 2. The van der Waals surface area contributed by atoms with Crippen molar-refractivity contribution < 1.29 is 4.79 Å². The second kappa shape index (κ2) is 6.07. The Labute approximate surface area is 113 Å². The van der Waals surface area contributed by atoms with Crippen LogP contribution in [0.2, 0.25) is 5.02 Å². The molecule has 0 unspecified atom stereocenters. The van der Waals surface area contributed by atoms with Crippen LogP contribution < -0.4 is 5.32 Å². The van der Waals surface area contributed by atoms with Crippen molar-refractivity contribution in [1.82, 2.24) is 9.80 Å². The Hall–Kier alpha value is -1.26. The van der Waals surface area contributed by atoms with E-state index >= 15 is 0 Å². The largest absolute Gasteiger partial charge is 0.322 e. The van der Waals surface area contributed by atoms with Crippen LogP contribution in [0.25, 0.3) is 0 Å². The third-order valence-corrected chi connectivity index (χ3v) is 3.55. The lowest BCUT2D eigenvalue weighted by molar-refractivity contribution is 0.151. The van der Waals surface area contributed by atoms with Crippen molar-refractivity contribution in [2.24, 2.45) is 0 Å². The normalized spacial score (nSPS) is 16.7. The molecule has 18 heavy (non-hydrogen) atoms. The van der Waals surface area contributed by atoms with Crippen molar-refractivity contribution in [2.75, 3.05) is 38.0 Å². The molecular formula is C13H18ClN3O. The van der Waals surface area contributed by atoms with Gasteiger partial charge >= 0.3 is 6.03 Å². The third kappa shape index (κ3) is 3.15. The Balaban J connectivity index is 1.91. The molecule has 1 aromatic carbocycles. The van der Waals surface area contributed by atoms with Crippen LogP contribution in [0, 0.1) is 0 Å². The average molecular weight is 268 g/mol.